The molecular weight excluding hydrogens is 258 g/mol. The van der Waals surface area contributed by atoms with E-state index in [4.69, 9.17) is 5.11 Å². The Morgan fingerprint density at radius 1 is 1.45 bits per heavy atom. The molecule has 0 bridgehead atoms. The van der Waals surface area contributed by atoms with Gasteiger partial charge in [-0.05, 0) is 19.3 Å². The minimum absolute atomic E-state index is 0.400. The Hall–Kier alpha value is -1.89. The van der Waals surface area contributed by atoms with Gasteiger partial charge in [-0.25, -0.2) is 4.98 Å². The second kappa shape index (κ2) is 5.24. The molecule has 3 rings (SSSR count). The number of nitrogens with zero attached hydrogens (tertiary/aromatic N) is 3. The van der Waals surface area contributed by atoms with Crippen LogP contribution in [-0.4, -0.2) is 53.8 Å². The molecule has 1 aliphatic heterocycles. The molecule has 1 fully saturated rings. The number of piperazine rings is 1. The molecule has 1 saturated heterocycles. The average Bonchev–Trinajstić information content (AvgIpc) is 2.94. The molecule has 1 atom stereocenters. The molecule has 0 amide bonds. The van der Waals surface area contributed by atoms with E-state index in [1.54, 1.807) is 0 Å². The third-order valence-electron chi connectivity index (χ3n) is 3.91. The van der Waals surface area contributed by atoms with Crippen LogP contribution in [0, 0.1) is 0 Å². The summed E-state index contributed by atoms with van der Waals surface area (Å²) in [5.74, 6) is 0.695. The lowest BCUT2D eigenvalue weighted by atomic mass is 10.2. The third-order valence-corrected chi connectivity index (χ3v) is 3.91. The van der Waals surface area contributed by atoms with Crippen LogP contribution in [0.5, 0.6) is 0 Å². The van der Waals surface area contributed by atoms with Crippen LogP contribution in [-0.2, 0) is 17.6 Å². The molecule has 1 unspecified atom stereocenters. The number of aryl methyl sites for hydroxylation is 1. The molecule has 1 aromatic rings. The SMILES string of the molecule is CNc1nc(N2CCNC(C(=O)O)C2)nc2c1CCC2. The number of carbonyl (C=O) groups is 1. The summed E-state index contributed by atoms with van der Waals surface area (Å²) in [6.45, 7) is 1.76. The number of nitrogens with one attached hydrogen (secondary N) is 2. The van der Waals surface area contributed by atoms with Crippen LogP contribution in [0.4, 0.5) is 11.8 Å². The largest absolute Gasteiger partial charge is 0.480 e. The summed E-state index contributed by atoms with van der Waals surface area (Å²) in [4.78, 5) is 22.2. The Kier molecular flexibility index (Phi) is 3.43. The van der Waals surface area contributed by atoms with Gasteiger partial charge in [0.05, 0.1) is 5.69 Å². The van der Waals surface area contributed by atoms with Crippen molar-refractivity contribution < 1.29 is 9.90 Å². The van der Waals surface area contributed by atoms with Crippen molar-refractivity contribution in [1.82, 2.24) is 15.3 Å². The van der Waals surface area contributed by atoms with Gasteiger partial charge in [-0.2, -0.15) is 4.98 Å². The number of aliphatic carboxylic acids is 1. The summed E-state index contributed by atoms with van der Waals surface area (Å²) < 4.78 is 0. The fraction of sp³-hybridized carbons (Fsp3) is 0.615. The summed E-state index contributed by atoms with van der Waals surface area (Å²) >= 11 is 0. The van der Waals surface area contributed by atoms with Crippen LogP contribution in [0.3, 0.4) is 0 Å². The van der Waals surface area contributed by atoms with Crippen molar-refractivity contribution in [3.8, 4) is 0 Å². The highest BCUT2D eigenvalue weighted by molar-refractivity contribution is 5.74. The maximum Gasteiger partial charge on any atom is 0.322 e. The van der Waals surface area contributed by atoms with Crippen molar-refractivity contribution in [2.75, 3.05) is 36.9 Å². The first kappa shape index (κ1) is 13.1. The molecular formula is C13H19N5O2. The topological polar surface area (TPSA) is 90.4 Å². The van der Waals surface area contributed by atoms with E-state index in [1.165, 1.54) is 5.56 Å². The number of fused-ring (bicyclic) bond motifs is 1. The summed E-state index contributed by atoms with van der Waals surface area (Å²) in [7, 11) is 1.86. The van der Waals surface area contributed by atoms with Crippen molar-refractivity contribution in [2.45, 2.75) is 25.3 Å². The number of rotatable bonds is 3. The zero-order valence-corrected chi connectivity index (χ0v) is 11.5. The lowest BCUT2D eigenvalue weighted by Crippen LogP contribution is -2.54. The van der Waals surface area contributed by atoms with E-state index in [0.717, 1.165) is 37.3 Å². The molecule has 7 nitrogen and oxygen atoms in total. The van der Waals surface area contributed by atoms with Gasteiger partial charge in [-0.15, -0.1) is 0 Å². The molecule has 3 N–H and O–H groups in total. The highest BCUT2D eigenvalue weighted by Crippen LogP contribution is 2.28. The number of hydrogen-bond acceptors (Lipinski definition) is 6. The molecule has 7 heteroatoms. The number of carboxylic acid groups (broad SMARTS) is 1. The predicted octanol–water partition coefficient (Wildman–Crippen LogP) is -0.130. The van der Waals surface area contributed by atoms with Crippen LogP contribution in [0.2, 0.25) is 0 Å². The average molecular weight is 277 g/mol. The second-order valence-electron chi connectivity index (χ2n) is 5.19. The molecule has 0 radical (unpaired) electrons. The number of anilines is 2. The summed E-state index contributed by atoms with van der Waals surface area (Å²) in [6.07, 6.45) is 3.11. The molecule has 0 saturated carbocycles. The maximum atomic E-state index is 11.1. The predicted molar refractivity (Wildman–Crippen MR) is 75.2 cm³/mol. The van der Waals surface area contributed by atoms with Crippen LogP contribution < -0.4 is 15.5 Å². The van der Waals surface area contributed by atoms with Crippen molar-refractivity contribution >= 4 is 17.7 Å². The monoisotopic (exact) mass is 277 g/mol. The quantitative estimate of drug-likeness (QED) is 0.709. The molecule has 1 aliphatic carbocycles. The van der Waals surface area contributed by atoms with Gasteiger partial charge < -0.3 is 20.6 Å². The summed E-state index contributed by atoms with van der Waals surface area (Å²) in [5, 5.41) is 15.2. The van der Waals surface area contributed by atoms with Gasteiger partial charge >= 0.3 is 5.97 Å². The fourth-order valence-electron chi connectivity index (χ4n) is 2.86. The van der Waals surface area contributed by atoms with Crippen LogP contribution >= 0.6 is 0 Å². The minimum atomic E-state index is -0.829. The third kappa shape index (κ3) is 2.29. The number of aromatic nitrogens is 2. The zero-order valence-electron chi connectivity index (χ0n) is 11.5. The zero-order chi connectivity index (χ0) is 14.1. The first-order chi connectivity index (χ1) is 9.69. The molecule has 2 aliphatic rings. The van der Waals surface area contributed by atoms with Gasteiger partial charge in [0.1, 0.15) is 11.9 Å². The van der Waals surface area contributed by atoms with Gasteiger partial charge in [-0.3, -0.25) is 4.79 Å². The molecule has 2 heterocycles. The van der Waals surface area contributed by atoms with Crippen molar-refractivity contribution in [3.63, 3.8) is 0 Å². The van der Waals surface area contributed by atoms with Crippen molar-refractivity contribution in [1.29, 1.82) is 0 Å². The van der Waals surface area contributed by atoms with Gasteiger partial charge in [0.25, 0.3) is 0 Å². The van der Waals surface area contributed by atoms with E-state index in [2.05, 4.69) is 20.6 Å². The Morgan fingerprint density at radius 2 is 2.30 bits per heavy atom. The van der Waals surface area contributed by atoms with E-state index in [9.17, 15) is 4.79 Å². The number of carboxylic acids is 1. The Bertz CT molecular complexity index is 534. The number of hydrogen-bond donors (Lipinski definition) is 3. The van der Waals surface area contributed by atoms with E-state index in [0.29, 0.717) is 19.0 Å². The Balaban J connectivity index is 1.88. The second-order valence-corrected chi connectivity index (χ2v) is 5.19. The standard InChI is InChI=1S/C13H19N5O2/c1-14-11-8-3-2-4-9(8)16-13(17-11)18-6-5-15-10(7-18)12(19)20/h10,15H,2-7H2,1H3,(H,19,20)(H,14,16,17). The molecule has 108 valence electrons. The lowest BCUT2D eigenvalue weighted by Gasteiger charge is -2.32. The lowest BCUT2D eigenvalue weighted by molar-refractivity contribution is -0.139. The van der Waals surface area contributed by atoms with Crippen LogP contribution in [0.1, 0.15) is 17.7 Å². The summed E-state index contributed by atoms with van der Waals surface area (Å²) in [5.41, 5.74) is 2.31. The normalized spacial score (nSPS) is 21.6. The molecule has 20 heavy (non-hydrogen) atoms. The first-order valence-electron chi connectivity index (χ1n) is 6.97. The van der Waals surface area contributed by atoms with E-state index in [1.807, 2.05) is 11.9 Å². The molecule has 0 aromatic carbocycles. The fourth-order valence-corrected chi connectivity index (χ4v) is 2.86. The van der Waals surface area contributed by atoms with Crippen LogP contribution in [0.25, 0.3) is 0 Å². The van der Waals surface area contributed by atoms with E-state index in [-0.39, 0.29) is 0 Å². The highest BCUT2D eigenvalue weighted by atomic mass is 16.4. The maximum absolute atomic E-state index is 11.1. The van der Waals surface area contributed by atoms with Gasteiger partial charge in [-0.1, -0.05) is 0 Å². The Labute approximate surface area is 117 Å². The molecule has 0 spiro atoms. The van der Waals surface area contributed by atoms with Crippen molar-refractivity contribution in [2.24, 2.45) is 0 Å². The smallest absolute Gasteiger partial charge is 0.322 e. The van der Waals surface area contributed by atoms with Crippen molar-refractivity contribution in [3.05, 3.63) is 11.3 Å². The first-order valence-corrected chi connectivity index (χ1v) is 6.97. The van der Waals surface area contributed by atoms with Gasteiger partial charge in [0, 0.05) is 32.2 Å². The van der Waals surface area contributed by atoms with Gasteiger partial charge in [0.2, 0.25) is 5.95 Å². The van der Waals surface area contributed by atoms with Crippen LogP contribution in [0.15, 0.2) is 0 Å². The van der Waals surface area contributed by atoms with E-state index >= 15 is 0 Å². The highest BCUT2D eigenvalue weighted by Gasteiger charge is 2.28. The van der Waals surface area contributed by atoms with Gasteiger partial charge in [0.15, 0.2) is 0 Å². The minimum Gasteiger partial charge on any atom is -0.480 e. The summed E-state index contributed by atoms with van der Waals surface area (Å²) in [6, 6.07) is -0.557. The Morgan fingerprint density at radius 3 is 3.05 bits per heavy atom. The van der Waals surface area contributed by atoms with E-state index < -0.39 is 12.0 Å². The molecule has 1 aromatic heterocycles.